The summed E-state index contributed by atoms with van der Waals surface area (Å²) in [6.45, 7) is 4.63. The fraction of sp³-hybridized carbons (Fsp3) is 0.321. The molecule has 0 radical (unpaired) electrons. The molecular weight excluding hydrogens is 410 g/mol. The molecule has 2 heterocycles. The van der Waals surface area contributed by atoms with E-state index in [4.69, 9.17) is 4.74 Å². The average Bonchev–Trinajstić information content (AvgIpc) is 2.87. The van der Waals surface area contributed by atoms with Crippen molar-refractivity contribution in [2.75, 3.05) is 43.1 Å². The number of nitrogens with zero attached hydrogens (tertiary/aromatic N) is 2. The molecule has 1 fully saturated rings. The van der Waals surface area contributed by atoms with Crippen LogP contribution in [0.2, 0.25) is 0 Å². The Morgan fingerprint density at radius 3 is 2.42 bits per heavy atom. The zero-order valence-corrected chi connectivity index (χ0v) is 19.2. The lowest BCUT2D eigenvalue weighted by Crippen LogP contribution is -2.43. The Kier molecular flexibility index (Phi) is 6.31. The zero-order valence-electron chi connectivity index (χ0n) is 19.2. The van der Waals surface area contributed by atoms with Crippen LogP contribution in [0.4, 0.5) is 11.4 Å². The van der Waals surface area contributed by atoms with Gasteiger partial charge in [0, 0.05) is 44.0 Å². The van der Waals surface area contributed by atoms with E-state index in [1.807, 2.05) is 35.2 Å². The lowest BCUT2D eigenvalue weighted by Gasteiger charge is -2.36. The molecular formula is C28H31N3O2. The second-order valence-corrected chi connectivity index (χ2v) is 8.90. The molecule has 5 heteroatoms. The molecule has 0 aliphatic carbocycles. The molecule has 2 aliphatic heterocycles. The molecule has 1 atom stereocenters. The maximum Gasteiger partial charge on any atom is 0.227 e. The Hall–Kier alpha value is -3.31. The van der Waals surface area contributed by atoms with Crippen LogP contribution in [0.1, 0.15) is 29.0 Å². The first-order valence-corrected chi connectivity index (χ1v) is 11.8. The van der Waals surface area contributed by atoms with Gasteiger partial charge in [0.05, 0.1) is 13.7 Å². The third kappa shape index (κ3) is 4.74. The molecule has 1 N–H and O–H groups in total. The molecule has 170 valence electrons. The number of piperazine rings is 1. The van der Waals surface area contributed by atoms with E-state index in [2.05, 4.69) is 52.7 Å². The van der Waals surface area contributed by atoms with Gasteiger partial charge >= 0.3 is 0 Å². The maximum absolute atomic E-state index is 13.3. The predicted octanol–water partition coefficient (Wildman–Crippen LogP) is 4.37. The van der Waals surface area contributed by atoms with Gasteiger partial charge in [0.25, 0.3) is 0 Å². The first-order valence-electron chi connectivity index (χ1n) is 11.8. The van der Waals surface area contributed by atoms with Crippen molar-refractivity contribution in [1.29, 1.82) is 0 Å². The van der Waals surface area contributed by atoms with Gasteiger partial charge in [-0.05, 0) is 59.4 Å². The first kappa shape index (κ1) is 21.5. The van der Waals surface area contributed by atoms with E-state index in [0.29, 0.717) is 13.0 Å². The largest absolute Gasteiger partial charge is 0.497 e. The van der Waals surface area contributed by atoms with E-state index in [1.54, 1.807) is 7.11 Å². The fourth-order valence-corrected chi connectivity index (χ4v) is 4.97. The Balaban J connectivity index is 1.49. The number of methoxy groups -OCH3 is 1. The molecule has 1 saturated heterocycles. The van der Waals surface area contributed by atoms with Crippen LogP contribution in [0.3, 0.4) is 0 Å². The minimum absolute atomic E-state index is 0.163. The van der Waals surface area contributed by atoms with Gasteiger partial charge in [-0.3, -0.25) is 4.79 Å². The second-order valence-electron chi connectivity index (χ2n) is 8.90. The number of carbonyl (C=O) groups is 1. The molecule has 0 bridgehead atoms. The molecule has 5 rings (SSSR count). The number of benzene rings is 3. The second kappa shape index (κ2) is 9.67. The van der Waals surface area contributed by atoms with Crippen molar-refractivity contribution in [2.45, 2.75) is 25.3 Å². The van der Waals surface area contributed by atoms with Crippen LogP contribution in [0, 0.1) is 0 Å². The molecule has 33 heavy (non-hydrogen) atoms. The smallest absolute Gasteiger partial charge is 0.227 e. The van der Waals surface area contributed by atoms with Crippen LogP contribution >= 0.6 is 0 Å². The Labute approximate surface area is 196 Å². The van der Waals surface area contributed by atoms with Crippen molar-refractivity contribution in [1.82, 2.24) is 5.32 Å². The van der Waals surface area contributed by atoms with Gasteiger partial charge in [0.15, 0.2) is 0 Å². The number of anilines is 2. The van der Waals surface area contributed by atoms with Gasteiger partial charge in [-0.1, -0.05) is 42.5 Å². The number of nitrogens with one attached hydrogen (secondary N) is 1. The summed E-state index contributed by atoms with van der Waals surface area (Å²) in [5.74, 6) is 1.21. The van der Waals surface area contributed by atoms with Crippen LogP contribution in [-0.2, 0) is 17.8 Å². The van der Waals surface area contributed by atoms with E-state index in [-0.39, 0.29) is 11.8 Å². The number of carbonyl (C=O) groups excluding carboxylic acids is 1. The summed E-state index contributed by atoms with van der Waals surface area (Å²) in [5.41, 5.74) is 5.95. The number of hydrogen-bond donors (Lipinski definition) is 1. The van der Waals surface area contributed by atoms with Crippen LogP contribution in [0.15, 0.2) is 72.8 Å². The van der Waals surface area contributed by atoms with Crippen molar-refractivity contribution in [3.8, 4) is 5.75 Å². The molecule has 5 nitrogen and oxygen atoms in total. The van der Waals surface area contributed by atoms with Crippen molar-refractivity contribution >= 4 is 17.3 Å². The number of hydrogen-bond acceptors (Lipinski definition) is 4. The Bertz CT molecular complexity index is 1090. The standard InChI is InChI=1S/C28H31N3O2/c1-33-25-10-7-21(8-11-25)17-23-18-28(32)31(20-22-5-3-2-4-6-22)27-12-9-24(19-26(23)27)30-15-13-29-14-16-30/h2-12,19,23,29H,13-18,20H2,1H3. The van der Waals surface area contributed by atoms with Gasteiger partial charge in [0.1, 0.15) is 5.75 Å². The lowest BCUT2D eigenvalue weighted by atomic mass is 9.84. The van der Waals surface area contributed by atoms with Gasteiger partial charge in [0.2, 0.25) is 5.91 Å². The Morgan fingerprint density at radius 2 is 1.70 bits per heavy atom. The van der Waals surface area contributed by atoms with Crippen molar-refractivity contribution in [3.05, 3.63) is 89.5 Å². The van der Waals surface area contributed by atoms with Crippen LogP contribution in [-0.4, -0.2) is 39.2 Å². The first-order chi connectivity index (χ1) is 16.2. The highest BCUT2D eigenvalue weighted by molar-refractivity contribution is 5.97. The third-order valence-corrected chi connectivity index (χ3v) is 6.77. The summed E-state index contributed by atoms with van der Waals surface area (Å²) >= 11 is 0. The van der Waals surface area contributed by atoms with Gasteiger partial charge < -0.3 is 19.9 Å². The molecule has 3 aromatic rings. The van der Waals surface area contributed by atoms with E-state index in [0.717, 1.165) is 49.6 Å². The van der Waals surface area contributed by atoms with E-state index in [9.17, 15) is 4.79 Å². The lowest BCUT2D eigenvalue weighted by molar-refractivity contribution is -0.119. The minimum atomic E-state index is 0.163. The van der Waals surface area contributed by atoms with E-state index >= 15 is 0 Å². The number of rotatable bonds is 6. The normalized spacial score (nSPS) is 18.2. The number of amides is 1. The summed E-state index contributed by atoms with van der Waals surface area (Å²) in [7, 11) is 1.68. The van der Waals surface area contributed by atoms with Crippen molar-refractivity contribution < 1.29 is 9.53 Å². The highest BCUT2D eigenvalue weighted by atomic mass is 16.5. The zero-order chi connectivity index (χ0) is 22.6. The van der Waals surface area contributed by atoms with Crippen LogP contribution < -0.4 is 19.9 Å². The van der Waals surface area contributed by atoms with Gasteiger partial charge in [-0.2, -0.15) is 0 Å². The van der Waals surface area contributed by atoms with Crippen LogP contribution in [0.25, 0.3) is 0 Å². The number of fused-ring (bicyclic) bond motifs is 1. The summed E-state index contributed by atoms with van der Waals surface area (Å²) in [6, 6.07) is 25.2. The van der Waals surface area contributed by atoms with Crippen molar-refractivity contribution in [3.63, 3.8) is 0 Å². The molecule has 1 amide bonds. The fourth-order valence-electron chi connectivity index (χ4n) is 4.97. The quantitative estimate of drug-likeness (QED) is 0.617. The van der Waals surface area contributed by atoms with E-state index < -0.39 is 0 Å². The predicted molar refractivity (Wildman–Crippen MR) is 133 cm³/mol. The minimum Gasteiger partial charge on any atom is -0.497 e. The molecule has 0 saturated carbocycles. The summed E-state index contributed by atoms with van der Waals surface area (Å²) in [6.07, 6.45) is 1.36. The monoisotopic (exact) mass is 441 g/mol. The highest BCUT2D eigenvalue weighted by Crippen LogP contribution is 2.41. The van der Waals surface area contributed by atoms with Crippen molar-refractivity contribution in [2.24, 2.45) is 0 Å². The molecule has 0 spiro atoms. The molecule has 2 aliphatic rings. The molecule has 3 aromatic carbocycles. The summed E-state index contributed by atoms with van der Waals surface area (Å²) in [4.78, 5) is 17.7. The average molecular weight is 442 g/mol. The number of ether oxygens (including phenoxy) is 1. The van der Waals surface area contributed by atoms with Crippen LogP contribution in [0.5, 0.6) is 5.75 Å². The van der Waals surface area contributed by atoms with E-state index in [1.165, 1.54) is 16.8 Å². The third-order valence-electron chi connectivity index (χ3n) is 6.77. The topological polar surface area (TPSA) is 44.8 Å². The summed E-state index contributed by atoms with van der Waals surface area (Å²) < 4.78 is 5.31. The SMILES string of the molecule is COc1ccc(CC2CC(=O)N(Cc3ccccc3)c3ccc(N4CCNCC4)cc32)cc1. The molecule has 0 aromatic heterocycles. The summed E-state index contributed by atoms with van der Waals surface area (Å²) in [5, 5.41) is 3.43. The molecule has 1 unspecified atom stereocenters. The highest BCUT2D eigenvalue weighted by Gasteiger charge is 2.32. The Morgan fingerprint density at radius 1 is 0.939 bits per heavy atom. The van der Waals surface area contributed by atoms with Gasteiger partial charge in [-0.15, -0.1) is 0 Å². The van der Waals surface area contributed by atoms with Gasteiger partial charge in [-0.25, -0.2) is 0 Å². The maximum atomic E-state index is 13.3.